The van der Waals surface area contributed by atoms with Crippen LogP contribution in [0.15, 0.2) is 65.6 Å². The molecule has 0 amide bonds. The van der Waals surface area contributed by atoms with Gasteiger partial charge >= 0.3 is 0 Å². The minimum absolute atomic E-state index is 0.0676. The Morgan fingerprint density at radius 3 is 2.32 bits per heavy atom. The first-order valence-corrected chi connectivity index (χ1v) is 9.27. The molecule has 0 saturated carbocycles. The molecule has 0 aromatic heterocycles. The van der Waals surface area contributed by atoms with Crippen LogP contribution in [0.1, 0.15) is 12.0 Å². The zero-order valence-corrected chi connectivity index (χ0v) is 14.8. The van der Waals surface area contributed by atoms with Crippen LogP contribution in [0.25, 0.3) is 0 Å². The van der Waals surface area contributed by atoms with E-state index in [0.717, 1.165) is 11.3 Å². The van der Waals surface area contributed by atoms with E-state index in [1.165, 1.54) is 4.90 Å². The van der Waals surface area contributed by atoms with E-state index >= 15 is 0 Å². The summed E-state index contributed by atoms with van der Waals surface area (Å²) < 4.78 is 5.62. The Hall–Kier alpha value is -0.810. The van der Waals surface area contributed by atoms with Crippen LogP contribution in [0.4, 0.5) is 0 Å². The maximum atomic E-state index is 10.2. The summed E-state index contributed by atoms with van der Waals surface area (Å²) in [4.78, 5) is 1.29. The predicted molar refractivity (Wildman–Crippen MR) is 96.6 cm³/mol. The normalized spacial score (nSPS) is 13.7. The average Bonchev–Trinajstić information content (AvgIpc) is 2.58. The first-order chi connectivity index (χ1) is 10.8. The van der Waals surface area contributed by atoms with Crippen molar-refractivity contribution in [1.82, 2.24) is 0 Å². The lowest BCUT2D eigenvalue weighted by molar-refractivity contribution is 0.0751. The van der Waals surface area contributed by atoms with E-state index in [4.69, 9.17) is 4.74 Å². The summed E-state index contributed by atoms with van der Waals surface area (Å²) in [5.41, 5.74) is 1.16. The van der Waals surface area contributed by atoms with E-state index in [9.17, 15) is 5.11 Å². The van der Waals surface area contributed by atoms with Gasteiger partial charge in [-0.15, -0.1) is 11.8 Å². The summed E-state index contributed by atoms with van der Waals surface area (Å²) >= 11 is 5.32. The highest BCUT2D eigenvalue weighted by Crippen LogP contribution is 2.23. The quantitative estimate of drug-likeness (QED) is 0.394. The lowest BCUT2D eigenvalue weighted by Crippen LogP contribution is -2.24. The molecule has 0 spiro atoms. The lowest BCUT2D eigenvalue weighted by Gasteiger charge is -2.17. The molecule has 0 bridgehead atoms. The maximum Gasteiger partial charge on any atom is 0.0716 e. The van der Waals surface area contributed by atoms with Gasteiger partial charge in [0.15, 0.2) is 0 Å². The molecule has 4 heteroatoms. The summed E-state index contributed by atoms with van der Waals surface area (Å²) in [7, 11) is 0. The molecule has 2 aromatic carbocycles. The van der Waals surface area contributed by atoms with Crippen LogP contribution in [0.3, 0.4) is 0 Å². The molecular weight excluding hydrogens is 360 g/mol. The van der Waals surface area contributed by atoms with Gasteiger partial charge in [-0.25, -0.2) is 0 Å². The van der Waals surface area contributed by atoms with Crippen molar-refractivity contribution >= 4 is 27.7 Å². The fourth-order valence-electron chi connectivity index (χ4n) is 1.95. The molecule has 0 aliphatic heterocycles. The molecule has 2 aromatic rings. The Morgan fingerprint density at radius 2 is 1.64 bits per heavy atom. The molecule has 2 rings (SSSR count). The second-order valence-corrected chi connectivity index (χ2v) is 7.30. The second kappa shape index (κ2) is 10.1. The van der Waals surface area contributed by atoms with Crippen LogP contribution >= 0.6 is 27.7 Å². The number of hydrogen-bond acceptors (Lipinski definition) is 3. The van der Waals surface area contributed by atoms with Crippen molar-refractivity contribution in [3.63, 3.8) is 0 Å². The molecule has 0 aliphatic carbocycles. The third-order valence-electron chi connectivity index (χ3n) is 3.24. The minimum Gasteiger partial charge on any atom is -0.392 e. The van der Waals surface area contributed by atoms with Crippen molar-refractivity contribution in [2.75, 3.05) is 12.4 Å². The van der Waals surface area contributed by atoms with Crippen LogP contribution < -0.4 is 0 Å². The zero-order valence-electron chi connectivity index (χ0n) is 12.4. The Labute approximate surface area is 145 Å². The monoisotopic (exact) mass is 380 g/mol. The van der Waals surface area contributed by atoms with E-state index in [2.05, 4.69) is 28.1 Å². The van der Waals surface area contributed by atoms with Crippen molar-refractivity contribution in [3.05, 3.63) is 66.2 Å². The van der Waals surface area contributed by atoms with Crippen molar-refractivity contribution in [2.45, 2.75) is 28.9 Å². The van der Waals surface area contributed by atoms with E-state index in [-0.39, 0.29) is 4.83 Å². The summed E-state index contributed by atoms with van der Waals surface area (Å²) in [6.45, 7) is 1.16. The number of hydrogen-bond donors (Lipinski definition) is 1. The molecule has 22 heavy (non-hydrogen) atoms. The van der Waals surface area contributed by atoms with Crippen molar-refractivity contribution in [3.8, 4) is 0 Å². The average molecular weight is 381 g/mol. The van der Waals surface area contributed by atoms with Crippen LogP contribution in [-0.4, -0.2) is 28.4 Å². The van der Waals surface area contributed by atoms with Crippen LogP contribution in [0.2, 0.25) is 0 Å². The van der Waals surface area contributed by atoms with Crippen molar-refractivity contribution < 1.29 is 9.84 Å². The standard InChI is InChI=1S/C18H21BrO2S/c19-17(14-22-16-9-5-2-6-10-16)18(20)11-12-21-13-15-7-3-1-4-8-15/h1-10,17-18,20H,11-14H2/t17-,18+/m0/s1. The van der Waals surface area contributed by atoms with E-state index in [0.29, 0.717) is 19.6 Å². The van der Waals surface area contributed by atoms with Crippen LogP contribution in [0.5, 0.6) is 0 Å². The SMILES string of the molecule is O[C@H](CCOCc1ccccc1)[C@@H](Br)CSc1ccccc1. The molecule has 0 saturated heterocycles. The Balaban J connectivity index is 1.61. The summed E-state index contributed by atoms with van der Waals surface area (Å²) in [5, 5.41) is 10.2. The van der Waals surface area contributed by atoms with Gasteiger partial charge in [0.05, 0.1) is 12.7 Å². The van der Waals surface area contributed by atoms with Gasteiger partial charge in [-0.1, -0.05) is 64.5 Å². The highest BCUT2D eigenvalue weighted by molar-refractivity contribution is 9.09. The molecule has 118 valence electrons. The fourth-order valence-corrected chi connectivity index (χ4v) is 3.54. The van der Waals surface area contributed by atoms with Gasteiger partial charge in [0.25, 0.3) is 0 Å². The second-order valence-electron chi connectivity index (χ2n) is 5.03. The number of halogens is 1. The largest absolute Gasteiger partial charge is 0.392 e. The minimum atomic E-state index is -0.396. The van der Waals surface area contributed by atoms with Gasteiger partial charge in [0.1, 0.15) is 0 Å². The molecule has 2 atom stereocenters. The number of thioether (sulfide) groups is 1. The van der Waals surface area contributed by atoms with Crippen LogP contribution in [-0.2, 0) is 11.3 Å². The fraction of sp³-hybridized carbons (Fsp3) is 0.333. The lowest BCUT2D eigenvalue weighted by atomic mass is 10.2. The molecule has 0 fully saturated rings. The number of ether oxygens (including phenoxy) is 1. The topological polar surface area (TPSA) is 29.5 Å². The molecule has 0 unspecified atom stereocenters. The highest BCUT2D eigenvalue weighted by atomic mass is 79.9. The first-order valence-electron chi connectivity index (χ1n) is 7.37. The van der Waals surface area contributed by atoms with Gasteiger partial charge in [-0.3, -0.25) is 0 Å². The summed E-state index contributed by atoms with van der Waals surface area (Å²) in [6.07, 6.45) is 0.241. The summed E-state index contributed by atoms with van der Waals surface area (Å²) in [5.74, 6) is 0.837. The van der Waals surface area contributed by atoms with Crippen molar-refractivity contribution in [2.24, 2.45) is 0 Å². The summed E-state index contributed by atoms with van der Waals surface area (Å²) in [6, 6.07) is 20.3. The third-order valence-corrected chi connectivity index (χ3v) is 5.73. The van der Waals surface area contributed by atoms with E-state index < -0.39 is 6.10 Å². The molecule has 1 N–H and O–H groups in total. The first kappa shape index (κ1) is 17.5. The van der Waals surface area contributed by atoms with Gasteiger partial charge in [-0.2, -0.15) is 0 Å². The molecule has 2 nitrogen and oxygen atoms in total. The molecule has 0 radical (unpaired) electrons. The van der Waals surface area contributed by atoms with E-state index in [1.54, 1.807) is 11.8 Å². The molecule has 0 heterocycles. The van der Waals surface area contributed by atoms with Gasteiger partial charge in [0, 0.05) is 22.1 Å². The molecule has 0 aliphatic rings. The third kappa shape index (κ3) is 6.53. The number of aliphatic hydroxyl groups excluding tert-OH is 1. The Kier molecular flexibility index (Phi) is 8.02. The number of benzene rings is 2. The maximum absolute atomic E-state index is 10.2. The Bertz CT molecular complexity index is 521. The van der Waals surface area contributed by atoms with Gasteiger partial charge in [-0.05, 0) is 24.1 Å². The van der Waals surface area contributed by atoms with E-state index in [1.807, 2.05) is 48.5 Å². The number of alkyl halides is 1. The highest BCUT2D eigenvalue weighted by Gasteiger charge is 2.16. The van der Waals surface area contributed by atoms with Crippen molar-refractivity contribution in [1.29, 1.82) is 0 Å². The Morgan fingerprint density at radius 1 is 1.00 bits per heavy atom. The van der Waals surface area contributed by atoms with Gasteiger partial charge in [0.2, 0.25) is 0 Å². The van der Waals surface area contributed by atoms with Gasteiger partial charge < -0.3 is 9.84 Å². The van der Waals surface area contributed by atoms with Crippen LogP contribution in [0, 0.1) is 0 Å². The predicted octanol–water partition coefficient (Wildman–Crippen LogP) is 4.51. The smallest absolute Gasteiger partial charge is 0.0716 e. The number of aliphatic hydroxyl groups is 1. The number of rotatable bonds is 9. The molecular formula is C18H21BrO2S. The zero-order chi connectivity index (χ0) is 15.6.